The maximum absolute atomic E-state index is 12.2. The number of carbonyl (C=O) groups is 1. The van der Waals surface area contributed by atoms with Crippen molar-refractivity contribution >= 4 is 17.4 Å². The highest BCUT2D eigenvalue weighted by molar-refractivity contribution is 6.18. The molecule has 0 spiro atoms. The largest absolute Gasteiger partial charge is 0.294 e. The molecular formula is C18H26ClNO. The molecule has 1 unspecified atom stereocenters. The third-order valence-electron chi connectivity index (χ3n) is 3.30. The molecule has 1 atom stereocenters. The smallest absolute Gasteiger partial charge is 0.163 e. The lowest BCUT2D eigenvalue weighted by atomic mass is 9.84. The first-order valence-electron chi connectivity index (χ1n) is 7.74. The fourth-order valence-corrected chi connectivity index (χ4v) is 2.41. The van der Waals surface area contributed by atoms with Gasteiger partial charge in [-0.2, -0.15) is 5.26 Å². The summed E-state index contributed by atoms with van der Waals surface area (Å²) in [6.07, 6.45) is 8.66. The van der Waals surface area contributed by atoms with Gasteiger partial charge in [0, 0.05) is 17.9 Å². The van der Waals surface area contributed by atoms with Gasteiger partial charge in [0.15, 0.2) is 5.78 Å². The number of carbonyl (C=O) groups excluding carboxylic acids is 1. The van der Waals surface area contributed by atoms with Crippen LogP contribution in [0.2, 0.25) is 0 Å². The topological polar surface area (TPSA) is 40.9 Å². The van der Waals surface area contributed by atoms with E-state index in [1.165, 1.54) is 5.57 Å². The van der Waals surface area contributed by atoms with E-state index in [4.69, 9.17) is 16.9 Å². The molecule has 0 amide bonds. The molecule has 1 aliphatic rings. The molecule has 2 nitrogen and oxygen atoms in total. The monoisotopic (exact) mass is 307 g/mol. The molecule has 0 aromatic heterocycles. The number of rotatable bonds is 6. The van der Waals surface area contributed by atoms with Gasteiger partial charge in [-0.25, -0.2) is 0 Å². The van der Waals surface area contributed by atoms with E-state index in [1.807, 2.05) is 32.9 Å². The lowest BCUT2D eigenvalue weighted by molar-refractivity contribution is -0.115. The van der Waals surface area contributed by atoms with E-state index in [0.29, 0.717) is 18.7 Å². The zero-order valence-corrected chi connectivity index (χ0v) is 14.3. The second kappa shape index (κ2) is 11.3. The van der Waals surface area contributed by atoms with Gasteiger partial charge in [-0.15, -0.1) is 11.6 Å². The van der Waals surface area contributed by atoms with Crippen molar-refractivity contribution in [2.45, 2.75) is 53.4 Å². The van der Waals surface area contributed by atoms with E-state index in [1.54, 1.807) is 0 Å². The number of ketones is 1. The van der Waals surface area contributed by atoms with Crippen LogP contribution in [0.1, 0.15) is 53.4 Å². The molecule has 1 rings (SSSR count). The molecule has 0 saturated carbocycles. The first-order chi connectivity index (χ1) is 10.2. The Bertz CT molecular complexity index is 466. The van der Waals surface area contributed by atoms with Gasteiger partial charge in [0.05, 0.1) is 12.0 Å². The van der Waals surface area contributed by atoms with Crippen LogP contribution < -0.4 is 0 Å². The number of halogens is 1. The van der Waals surface area contributed by atoms with Crippen LogP contribution in [0.25, 0.3) is 0 Å². The molecule has 0 aromatic carbocycles. The minimum atomic E-state index is -0.124. The molecule has 0 radical (unpaired) electrons. The van der Waals surface area contributed by atoms with E-state index >= 15 is 0 Å². The van der Waals surface area contributed by atoms with E-state index in [9.17, 15) is 4.79 Å². The molecule has 0 fully saturated rings. The number of hydrogen-bond acceptors (Lipinski definition) is 2. The predicted octanol–water partition coefficient (Wildman–Crippen LogP) is 5.35. The van der Waals surface area contributed by atoms with Gasteiger partial charge in [-0.05, 0) is 37.3 Å². The molecule has 1 aliphatic carbocycles. The Hall–Kier alpha value is -1.33. The van der Waals surface area contributed by atoms with Gasteiger partial charge < -0.3 is 0 Å². The second-order valence-corrected chi connectivity index (χ2v) is 4.93. The van der Waals surface area contributed by atoms with Crippen LogP contribution in [-0.4, -0.2) is 11.7 Å². The van der Waals surface area contributed by atoms with Crippen LogP contribution in [0.3, 0.4) is 0 Å². The highest BCUT2D eigenvalue weighted by atomic mass is 35.5. The first kappa shape index (κ1) is 19.7. The van der Waals surface area contributed by atoms with Crippen molar-refractivity contribution < 1.29 is 4.79 Å². The Morgan fingerprint density at radius 1 is 1.52 bits per heavy atom. The van der Waals surface area contributed by atoms with Crippen molar-refractivity contribution in [1.29, 1.82) is 5.26 Å². The molecule has 21 heavy (non-hydrogen) atoms. The zero-order chi connectivity index (χ0) is 16.3. The quantitative estimate of drug-likeness (QED) is 0.490. The number of alkyl halides is 1. The number of nitrogens with zero attached hydrogens (tertiary/aromatic N) is 1. The summed E-state index contributed by atoms with van der Waals surface area (Å²) in [5, 5.41) is 9.06. The molecule has 3 heteroatoms. The maximum Gasteiger partial charge on any atom is 0.163 e. The zero-order valence-electron chi connectivity index (χ0n) is 13.6. The summed E-state index contributed by atoms with van der Waals surface area (Å²) in [5.74, 6) is 0.493. The molecule has 0 aromatic rings. The standard InChI is InChI=1S/C16H20ClNO.C2H6/c1-3-13-8-7-12(11-18)10-15(13)14(4-2)16(19)6-5-9-17;1-2/h4,8,10,12H,3,5-7,9H2,1-2H3;1-2H3/b14-4+;. The van der Waals surface area contributed by atoms with E-state index < -0.39 is 0 Å². The average Bonchev–Trinajstić information content (AvgIpc) is 2.55. The highest BCUT2D eigenvalue weighted by Crippen LogP contribution is 2.31. The van der Waals surface area contributed by atoms with Crippen molar-refractivity contribution in [3.05, 3.63) is 34.9 Å². The number of allylic oxidation sites excluding steroid dienone is 6. The van der Waals surface area contributed by atoms with Crippen molar-refractivity contribution in [2.75, 3.05) is 5.88 Å². The minimum absolute atomic E-state index is 0.118. The number of nitriles is 1. The normalized spacial score (nSPS) is 17.9. The summed E-state index contributed by atoms with van der Waals surface area (Å²) in [7, 11) is 0. The summed E-state index contributed by atoms with van der Waals surface area (Å²) >= 11 is 5.64. The van der Waals surface area contributed by atoms with Gasteiger partial charge in [-0.1, -0.05) is 39.0 Å². The Balaban J connectivity index is 0.00000191. The van der Waals surface area contributed by atoms with Crippen molar-refractivity contribution in [3.8, 4) is 6.07 Å². The van der Waals surface area contributed by atoms with Gasteiger partial charge in [0.2, 0.25) is 0 Å². The molecule has 0 saturated heterocycles. The van der Waals surface area contributed by atoms with Crippen LogP contribution in [0.4, 0.5) is 0 Å². The van der Waals surface area contributed by atoms with Gasteiger partial charge in [0.1, 0.15) is 0 Å². The third-order valence-corrected chi connectivity index (χ3v) is 3.56. The third kappa shape index (κ3) is 5.89. The van der Waals surface area contributed by atoms with Crippen LogP contribution >= 0.6 is 11.6 Å². The predicted molar refractivity (Wildman–Crippen MR) is 90.2 cm³/mol. The van der Waals surface area contributed by atoms with Crippen LogP contribution in [0.15, 0.2) is 34.9 Å². The van der Waals surface area contributed by atoms with E-state index in [0.717, 1.165) is 24.0 Å². The van der Waals surface area contributed by atoms with Crippen LogP contribution in [0.5, 0.6) is 0 Å². The molecule has 0 aliphatic heterocycles. The van der Waals surface area contributed by atoms with Crippen molar-refractivity contribution in [3.63, 3.8) is 0 Å². The average molecular weight is 308 g/mol. The summed E-state index contributed by atoms with van der Waals surface area (Å²) in [6, 6.07) is 2.26. The second-order valence-electron chi connectivity index (χ2n) is 4.55. The minimum Gasteiger partial charge on any atom is -0.294 e. The number of hydrogen-bond donors (Lipinski definition) is 0. The fourth-order valence-electron chi connectivity index (χ4n) is 2.27. The van der Waals surface area contributed by atoms with Gasteiger partial charge in [0.25, 0.3) is 0 Å². The van der Waals surface area contributed by atoms with Gasteiger partial charge >= 0.3 is 0 Å². The summed E-state index contributed by atoms with van der Waals surface area (Å²) < 4.78 is 0. The summed E-state index contributed by atoms with van der Waals surface area (Å²) in [6.45, 7) is 7.95. The SMILES string of the molecule is C/C=C(/C(=O)CCCCl)C1=CC(C#N)CC=C1CC.CC. The molecule has 0 bridgehead atoms. The van der Waals surface area contributed by atoms with E-state index in [-0.39, 0.29) is 11.7 Å². The first-order valence-corrected chi connectivity index (χ1v) is 8.28. The summed E-state index contributed by atoms with van der Waals surface area (Å²) in [4.78, 5) is 12.2. The van der Waals surface area contributed by atoms with Crippen molar-refractivity contribution in [1.82, 2.24) is 0 Å². The summed E-state index contributed by atoms with van der Waals surface area (Å²) in [5.41, 5.74) is 2.85. The maximum atomic E-state index is 12.2. The Kier molecular flexibility index (Phi) is 10.6. The molecule has 116 valence electrons. The number of Topliss-reactive ketones (excluding diaryl/α,β-unsaturated/α-hetero) is 1. The van der Waals surface area contributed by atoms with E-state index in [2.05, 4.69) is 19.1 Å². The van der Waals surface area contributed by atoms with Crippen LogP contribution in [0, 0.1) is 17.2 Å². The molecule has 0 heterocycles. The Labute approximate surface area is 134 Å². The van der Waals surface area contributed by atoms with Gasteiger partial charge in [-0.3, -0.25) is 4.79 Å². The molecule has 0 N–H and O–H groups in total. The fraction of sp³-hybridized carbons (Fsp3) is 0.556. The van der Waals surface area contributed by atoms with Crippen LogP contribution in [-0.2, 0) is 4.79 Å². The molecular weight excluding hydrogens is 282 g/mol. The lowest BCUT2D eigenvalue weighted by Crippen LogP contribution is -2.11. The Morgan fingerprint density at radius 2 is 2.19 bits per heavy atom. The lowest BCUT2D eigenvalue weighted by Gasteiger charge is -2.19. The van der Waals surface area contributed by atoms with Crippen molar-refractivity contribution in [2.24, 2.45) is 5.92 Å². The highest BCUT2D eigenvalue weighted by Gasteiger charge is 2.20. The Morgan fingerprint density at radius 3 is 2.67 bits per heavy atom.